The minimum atomic E-state index is -3.52. The fraction of sp³-hybridized carbons (Fsp3) is 0.318. The molecular weight excluding hydrogens is 432 g/mol. The number of hydrogen-bond donors (Lipinski definition) is 2. The second-order valence-electron chi connectivity index (χ2n) is 7.26. The predicted octanol–water partition coefficient (Wildman–Crippen LogP) is 1.75. The third kappa shape index (κ3) is 6.71. The topological polar surface area (TPSA) is 117 Å². The fourth-order valence-electron chi connectivity index (χ4n) is 3.11. The molecule has 2 N–H and O–H groups in total. The zero-order chi connectivity index (χ0) is 23.0. The highest BCUT2D eigenvalue weighted by Crippen LogP contribution is 2.18. The Morgan fingerprint density at radius 3 is 2.34 bits per heavy atom. The molecule has 9 nitrogen and oxygen atoms in total. The number of hydrogen-bond acceptors (Lipinski definition) is 6. The molecule has 170 valence electrons. The lowest BCUT2D eigenvalue weighted by Gasteiger charge is -2.26. The first-order valence-electron chi connectivity index (χ1n) is 10.2. The van der Waals surface area contributed by atoms with Gasteiger partial charge in [-0.3, -0.25) is 9.59 Å². The van der Waals surface area contributed by atoms with Crippen molar-refractivity contribution in [2.24, 2.45) is 5.10 Å². The van der Waals surface area contributed by atoms with Gasteiger partial charge in [-0.05, 0) is 41.8 Å². The average Bonchev–Trinajstić information content (AvgIpc) is 2.79. The molecule has 0 aromatic heterocycles. The molecular formula is C22H26N4O5S. The molecule has 2 aromatic carbocycles. The second-order valence-corrected chi connectivity index (χ2v) is 9.19. The molecule has 0 aliphatic carbocycles. The van der Waals surface area contributed by atoms with Gasteiger partial charge in [0.25, 0.3) is 0 Å². The number of nitrogens with one attached hydrogen (secondary N) is 2. The van der Waals surface area contributed by atoms with E-state index in [0.717, 1.165) is 11.1 Å². The maximum Gasteiger partial charge on any atom is 0.243 e. The SMILES string of the molecule is CC(=O)Nc1ccc(/C=N/NC(=O)CCc2ccc(S(=O)(=O)N3CCOCC3)cc2)cc1. The van der Waals surface area contributed by atoms with Crippen molar-refractivity contribution >= 4 is 33.7 Å². The number of ether oxygens (including phenoxy) is 1. The summed E-state index contributed by atoms with van der Waals surface area (Å²) in [7, 11) is -3.52. The molecule has 2 aromatic rings. The molecule has 1 saturated heterocycles. The summed E-state index contributed by atoms with van der Waals surface area (Å²) in [6, 6.07) is 13.6. The van der Waals surface area contributed by atoms with Crippen molar-refractivity contribution in [1.82, 2.24) is 9.73 Å². The standard InChI is InChI=1S/C22H26N4O5S/c1-17(27)24-20-7-2-19(3-8-20)16-23-25-22(28)11-6-18-4-9-21(10-5-18)32(29,30)26-12-14-31-15-13-26/h2-5,7-10,16H,6,11-15H2,1H3,(H,24,27)(H,25,28)/b23-16+. The number of rotatable bonds is 8. The third-order valence-electron chi connectivity index (χ3n) is 4.81. The second kappa shape index (κ2) is 11.0. The quantitative estimate of drug-likeness (QED) is 0.462. The van der Waals surface area contributed by atoms with E-state index in [1.807, 2.05) is 0 Å². The molecule has 1 aliphatic rings. The number of nitrogens with zero attached hydrogens (tertiary/aromatic N) is 2. The van der Waals surface area contributed by atoms with E-state index < -0.39 is 10.0 Å². The fourth-order valence-corrected chi connectivity index (χ4v) is 4.52. The van der Waals surface area contributed by atoms with Crippen LogP contribution in [0.1, 0.15) is 24.5 Å². The van der Waals surface area contributed by atoms with E-state index >= 15 is 0 Å². The van der Waals surface area contributed by atoms with Crippen molar-refractivity contribution in [2.75, 3.05) is 31.6 Å². The van der Waals surface area contributed by atoms with Gasteiger partial charge in [0, 0.05) is 32.1 Å². The number of carbonyl (C=O) groups excluding carboxylic acids is 2. The highest BCUT2D eigenvalue weighted by Gasteiger charge is 2.26. The van der Waals surface area contributed by atoms with Crippen LogP contribution in [0.2, 0.25) is 0 Å². The summed E-state index contributed by atoms with van der Waals surface area (Å²) in [6.45, 7) is 2.94. The number of hydrazone groups is 1. The van der Waals surface area contributed by atoms with Crippen LogP contribution in [0, 0.1) is 0 Å². The zero-order valence-electron chi connectivity index (χ0n) is 17.8. The monoisotopic (exact) mass is 458 g/mol. The average molecular weight is 459 g/mol. The Balaban J connectivity index is 1.46. The lowest BCUT2D eigenvalue weighted by Crippen LogP contribution is -2.40. The van der Waals surface area contributed by atoms with E-state index in [4.69, 9.17) is 4.74 Å². The Kier molecular flexibility index (Phi) is 8.09. The molecule has 0 bridgehead atoms. The van der Waals surface area contributed by atoms with E-state index in [2.05, 4.69) is 15.8 Å². The van der Waals surface area contributed by atoms with Gasteiger partial charge in [-0.1, -0.05) is 24.3 Å². The Morgan fingerprint density at radius 2 is 1.72 bits per heavy atom. The van der Waals surface area contributed by atoms with E-state index in [-0.39, 0.29) is 23.1 Å². The minimum Gasteiger partial charge on any atom is -0.379 e. The lowest BCUT2D eigenvalue weighted by atomic mass is 10.1. The van der Waals surface area contributed by atoms with Gasteiger partial charge < -0.3 is 10.1 Å². The van der Waals surface area contributed by atoms with Crippen molar-refractivity contribution in [3.05, 3.63) is 59.7 Å². The predicted molar refractivity (Wildman–Crippen MR) is 121 cm³/mol. The molecule has 2 amide bonds. The number of carbonyl (C=O) groups is 2. The number of benzene rings is 2. The summed E-state index contributed by atoms with van der Waals surface area (Å²) in [5.74, 6) is -0.395. The maximum atomic E-state index is 12.6. The molecule has 1 heterocycles. The number of amides is 2. The summed E-state index contributed by atoms with van der Waals surface area (Å²) < 4.78 is 31.9. The van der Waals surface area contributed by atoms with Crippen LogP contribution >= 0.6 is 0 Å². The van der Waals surface area contributed by atoms with E-state index in [9.17, 15) is 18.0 Å². The van der Waals surface area contributed by atoms with Crippen LogP contribution in [0.5, 0.6) is 0 Å². The van der Waals surface area contributed by atoms with Crippen molar-refractivity contribution in [2.45, 2.75) is 24.7 Å². The van der Waals surface area contributed by atoms with Gasteiger partial charge in [-0.25, -0.2) is 13.8 Å². The van der Waals surface area contributed by atoms with Crippen LogP contribution in [-0.2, 0) is 30.8 Å². The first-order chi connectivity index (χ1) is 15.3. The lowest BCUT2D eigenvalue weighted by molar-refractivity contribution is -0.121. The van der Waals surface area contributed by atoms with Crippen molar-refractivity contribution in [3.8, 4) is 0 Å². The van der Waals surface area contributed by atoms with Crippen molar-refractivity contribution < 1.29 is 22.7 Å². The molecule has 1 fully saturated rings. The number of morpholine rings is 1. The normalized spacial score (nSPS) is 14.9. The van der Waals surface area contributed by atoms with Crippen LogP contribution in [-0.4, -0.2) is 57.1 Å². The molecule has 10 heteroatoms. The summed E-state index contributed by atoms with van der Waals surface area (Å²) in [4.78, 5) is 23.3. The van der Waals surface area contributed by atoms with E-state index in [0.29, 0.717) is 38.4 Å². The van der Waals surface area contributed by atoms with E-state index in [1.165, 1.54) is 17.4 Å². The number of sulfonamides is 1. The molecule has 0 radical (unpaired) electrons. The minimum absolute atomic E-state index is 0.146. The molecule has 0 saturated carbocycles. The third-order valence-corrected chi connectivity index (χ3v) is 6.72. The summed E-state index contributed by atoms with van der Waals surface area (Å²) >= 11 is 0. The highest BCUT2D eigenvalue weighted by molar-refractivity contribution is 7.89. The van der Waals surface area contributed by atoms with Crippen molar-refractivity contribution in [3.63, 3.8) is 0 Å². The van der Waals surface area contributed by atoms with Gasteiger partial charge in [0.15, 0.2) is 0 Å². The highest BCUT2D eigenvalue weighted by atomic mass is 32.2. The van der Waals surface area contributed by atoms with Crippen LogP contribution in [0.15, 0.2) is 58.5 Å². The van der Waals surface area contributed by atoms with Gasteiger partial charge >= 0.3 is 0 Å². The van der Waals surface area contributed by atoms with Crippen LogP contribution in [0.4, 0.5) is 5.69 Å². The number of aryl methyl sites for hydroxylation is 1. The summed E-state index contributed by atoms with van der Waals surface area (Å²) in [5, 5.41) is 6.61. The van der Waals surface area contributed by atoms with Crippen LogP contribution < -0.4 is 10.7 Å². The largest absolute Gasteiger partial charge is 0.379 e. The number of anilines is 1. The van der Waals surface area contributed by atoms with Crippen LogP contribution in [0.3, 0.4) is 0 Å². The molecule has 32 heavy (non-hydrogen) atoms. The van der Waals surface area contributed by atoms with Gasteiger partial charge in [0.05, 0.1) is 24.3 Å². The maximum absolute atomic E-state index is 12.6. The summed E-state index contributed by atoms with van der Waals surface area (Å²) in [6.07, 6.45) is 2.19. The first-order valence-corrected chi connectivity index (χ1v) is 11.6. The van der Waals surface area contributed by atoms with Gasteiger partial charge in [0.1, 0.15) is 0 Å². The Morgan fingerprint density at radius 1 is 1.06 bits per heavy atom. The summed E-state index contributed by atoms with van der Waals surface area (Å²) in [5.41, 5.74) is 4.79. The smallest absolute Gasteiger partial charge is 0.243 e. The Labute approximate surface area is 187 Å². The molecule has 1 aliphatic heterocycles. The Bertz CT molecular complexity index is 1060. The zero-order valence-corrected chi connectivity index (χ0v) is 18.6. The van der Waals surface area contributed by atoms with E-state index in [1.54, 1.807) is 48.5 Å². The molecule has 0 spiro atoms. The van der Waals surface area contributed by atoms with Gasteiger partial charge in [-0.15, -0.1) is 0 Å². The van der Waals surface area contributed by atoms with Gasteiger partial charge in [-0.2, -0.15) is 9.41 Å². The van der Waals surface area contributed by atoms with Crippen molar-refractivity contribution in [1.29, 1.82) is 0 Å². The van der Waals surface area contributed by atoms with Gasteiger partial charge in [0.2, 0.25) is 21.8 Å². The molecule has 0 unspecified atom stereocenters. The Hall–Kier alpha value is -3.08. The first kappa shape index (κ1) is 23.6. The molecule has 0 atom stereocenters. The van der Waals surface area contributed by atoms with Crippen LogP contribution in [0.25, 0.3) is 0 Å². The molecule has 3 rings (SSSR count).